The van der Waals surface area contributed by atoms with Crippen LogP contribution in [0.2, 0.25) is 0 Å². The Kier molecular flexibility index (Phi) is 3.73. The van der Waals surface area contributed by atoms with E-state index in [1.165, 1.54) is 0 Å². The fourth-order valence-electron chi connectivity index (χ4n) is 2.90. The third kappa shape index (κ3) is 2.96. The van der Waals surface area contributed by atoms with Gasteiger partial charge in [-0.15, -0.1) is 0 Å². The summed E-state index contributed by atoms with van der Waals surface area (Å²) in [5.74, 6) is 1.59. The molecule has 1 atom stereocenters. The summed E-state index contributed by atoms with van der Waals surface area (Å²) in [6, 6.07) is 5.55. The molecule has 1 unspecified atom stereocenters. The Hall–Kier alpha value is -2.17. The normalized spacial score (nSPS) is 17.3. The van der Waals surface area contributed by atoms with Crippen LogP contribution in [0.15, 0.2) is 30.6 Å². The monoisotopic (exact) mass is 284 g/mol. The first kappa shape index (κ1) is 13.8. The van der Waals surface area contributed by atoms with Crippen LogP contribution in [0.5, 0.6) is 0 Å². The number of carbonyl (C=O) groups excluding carboxylic acids is 1. The topological polar surface area (TPSA) is 51.0 Å². The third-order valence-electron chi connectivity index (χ3n) is 4.04. The standard InChI is InChI=1S/C16H20N4O/c1-12-4-3-5-14(18-12)16(21)19(2)11-13-6-8-20-9-7-17-15(20)10-13/h3-5,7,9,13H,6,8,10-11H2,1-2H3. The summed E-state index contributed by atoms with van der Waals surface area (Å²) in [5, 5.41) is 0. The Morgan fingerprint density at radius 1 is 1.48 bits per heavy atom. The zero-order chi connectivity index (χ0) is 14.8. The van der Waals surface area contributed by atoms with Crippen molar-refractivity contribution in [2.75, 3.05) is 13.6 Å². The van der Waals surface area contributed by atoms with Crippen molar-refractivity contribution < 1.29 is 4.79 Å². The first-order chi connectivity index (χ1) is 10.1. The number of pyridine rings is 1. The van der Waals surface area contributed by atoms with Crippen molar-refractivity contribution in [1.29, 1.82) is 0 Å². The highest BCUT2D eigenvalue weighted by atomic mass is 16.2. The van der Waals surface area contributed by atoms with Crippen molar-refractivity contribution in [3.05, 3.63) is 47.8 Å². The largest absolute Gasteiger partial charge is 0.340 e. The van der Waals surface area contributed by atoms with Gasteiger partial charge in [0.1, 0.15) is 11.5 Å². The van der Waals surface area contributed by atoms with E-state index in [-0.39, 0.29) is 5.91 Å². The Morgan fingerprint density at radius 3 is 3.14 bits per heavy atom. The van der Waals surface area contributed by atoms with E-state index in [2.05, 4.69) is 14.5 Å². The van der Waals surface area contributed by atoms with Gasteiger partial charge in [0.15, 0.2) is 0 Å². The fourth-order valence-corrected chi connectivity index (χ4v) is 2.90. The summed E-state index contributed by atoms with van der Waals surface area (Å²) in [7, 11) is 1.85. The number of nitrogens with zero attached hydrogens (tertiary/aromatic N) is 4. The molecule has 5 nitrogen and oxygen atoms in total. The SMILES string of the molecule is Cc1cccc(C(=O)N(C)CC2CCn3ccnc3C2)n1. The van der Waals surface area contributed by atoms with Gasteiger partial charge in [0.25, 0.3) is 5.91 Å². The average Bonchev–Trinajstić information content (AvgIpc) is 2.94. The van der Waals surface area contributed by atoms with Crippen molar-refractivity contribution in [3.63, 3.8) is 0 Å². The van der Waals surface area contributed by atoms with Crippen LogP contribution in [-0.4, -0.2) is 38.9 Å². The Bertz CT molecular complexity index is 649. The zero-order valence-electron chi connectivity index (χ0n) is 12.5. The second-order valence-electron chi connectivity index (χ2n) is 5.75. The summed E-state index contributed by atoms with van der Waals surface area (Å²) in [6.07, 6.45) is 5.90. The molecule has 0 radical (unpaired) electrons. The number of carbonyl (C=O) groups is 1. The van der Waals surface area contributed by atoms with Crippen LogP contribution in [0.4, 0.5) is 0 Å². The maximum atomic E-state index is 12.4. The number of rotatable bonds is 3. The number of aryl methyl sites for hydroxylation is 2. The first-order valence-electron chi connectivity index (χ1n) is 7.32. The highest BCUT2D eigenvalue weighted by Crippen LogP contribution is 2.20. The lowest BCUT2D eigenvalue weighted by molar-refractivity contribution is 0.0758. The minimum atomic E-state index is -0.00684. The lowest BCUT2D eigenvalue weighted by atomic mass is 9.97. The minimum Gasteiger partial charge on any atom is -0.340 e. The van der Waals surface area contributed by atoms with E-state index < -0.39 is 0 Å². The lowest BCUT2D eigenvalue weighted by Crippen LogP contribution is -2.35. The zero-order valence-corrected chi connectivity index (χ0v) is 12.5. The molecular formula is C16H20N4O. The van der Waals surface area contributed by atoms with Crippen LogP contribution < -0.4 is 0 Å². The number of hydrogen-bond donors (Lipinski definition) is 0. The van der Waals surface area contributed by atoms with Gasteiger partial charge in [0.2, 0.25) is 0 Å². The maximum Gasteiger partial charge on any atom is 0.272 e. The number of amides is 1. The molecule has 0 aliphatic carbocycles. The predicted molar refractivity (Wildman–Crippen MR) is 80.0 cm³/mol. The van der Waals surface area contributed by atoms with Crippen LogP contribution in [0.25, 0.3) is 0 Å². The first-order valence-corrected chi connectivity index (χ1v) is 7.32. The molecule has 1 amide bonds. The highest BCUT2D eigenvalue weighted by Gasteiger charge is 2.23. The summed E-state index contributed by atoms with van der Waals surface area (Å²) in [4.78, 5) is 22.9. The third-order valence-corrected chi connectivity index (χ3v) is 4.04. The van der Waals surface area contributed by atoms with Crippen LogP contribution >= 0.6 is 0 Å². The molecular weight excluding hydrogens is 264 g/mol. The van der Waals surface area contributed by atoms with Gasteiger partial charge >= 0.3 is 0 Å². The molecule has 3 rings (SSSR count). The molecule has 0 saturated heterocycles. The Labute approximate surface area is 124 Å². The van der Waals surface area contributed by atoms with Crippen molar-refractivity contribution >= 4 is 5.91 Å². The molecule has 0 aromatic carbocycles. The molecule has 0 bridgehead atoms. The van der Waals surface area contributed by atoms with Gasteiger partial charge in [0.05, 0.1) is 0 Å². The van der Waals surface area contributed by atoms with E-state index in [0.717, 1.165) is 37.4 Å². The molecule has 0 fully saturated rings. The van der Waals surface area contributed by atoms with Crippen LogP contribution in [0.3, 0.4) is 0 Å². The van der Waals surface area contributed by atoms with Crippen LogP contribution in [-0.2, 0) is 13.0 Å². The second-order valence-corrected chi connectivity index (χ2v) is 5.75. The molecule has 21 heavy (non-hydrogen) atoms. The fraction of sp³-hybridized carbons (Fsp3) is 0.438. The Morgan fingerprint density at radius 2 is 2.33 bits per heavy atom. The van der Waals surface area contributed by atoms with Gasteiger partial charge in [0, 0.05) is 44.6 Å². The van der Waals surface area contributed by atoms with E-state index >= 15 is 0 Å². The highest BCUT2D eigenvalue weighted by molar-refractivity contribution is 5.92. The van der Waals surface area contributed by atoms with Crippen molar-refractivity contribution in [1.82, 2.24) is 19.4 Å². The van der Waals surface area contributed by atoms with Gasteiger partial charge in [-0.05, 0) is 31.4 Å². The Balaban J connectivity index is 1.64. The number of aromatic nitrogens is 3. The quantitative estimate of drug-likeness (QED) is 0.865. The van der Waals surface area contributed by atoms with Crippen molar-refractivity contribution in [2.45, 2.75) is 26.3 Å². The van der Waals surface area contributed by atoms with Gasteiger partial charge in [-0.3, -0.25) is 4.79 Å². The number of imidazole rings is 1. The summed E-state index contributed by atoms with van der Waals surface area (Å²) >= 11 is 0. The molecule has 2 aromatic heterocycles. The van der Waals surface area contributed by atoms with Crippen LogP contribution in [0.1, 0.15) is 28.4 Å². The summed E-state index contributed by atoms with van der Waals surface area (Å²) < 4.78 is 2.19. The molecule has 0 saturated carbocycles. The van der Waals surface area contributed by atoms with E-state index in [1.807, 2.05) is 38.5 Å². The predicted octanol–water partition coefficient (Wildman–Crippen LogP) is 1.92. The van der Waals surface area contributed by atoms with Gasteiger partial charge in [-0.2, -0.15) is 0 Å². The second kappa shape index (κ2) is 5.68. The van der Waals surface area contributed by atoms with Gasteiger partial charge in [-0.1, -0.05) is 6.07 Å². The van der Waals surface area contributed by atoms with E-state index in [1.54, 1.807) is 11.0 Å². The van der Waals surface area contributed by atoms with Crippen molar-refractivity contribution in [3.8, 4) is 0 Å². The summed E-state index contributed by atoms with van der Waals surface area (Å²) in [6.45, 7) is 3.64. The smallest absolute Gasteiger partial charge is 0.272 e. The molecule has 1 aliphatic heterocycles. The van der Waals surface area contributed by atoms with E-state index in [9.17, 15) is 4.79 Å². The van der Waals surface area contributed by atoms with Gasteiger partial charge in [-0.25, -0.2) is 9.97 Å². The molecule has 2 aromatic rings. The molecule has 5 heteroatoms. The maximum absolute atomic E-state index is 12.4. The molecule has 0 N–H and O–H groups in total. The number of fused-ring (bicyclic) bond motifs is 1. The number of hydrogen-bond acceptors (Lipinski definition) is 3. The van der Waals surface area contributed by atoms with Gasteiger partial charge < -0.3 is 9.47 Å². The van der Waals surface area contributed by atoms with Crippen molar-refractivity contribution in [2.24, 2.45) is 5.92 Å². The average molecular weight is 284 g/mol. The molecule has 0 spiro atoms. The van der Waals surface area contributed by atoms with E-state index in [4.69, 9.17) is 0 Å². The van der Waals surface area contributed by atoms with E-state index in [0.29, 0.717) is 11.6 Å². The molecule has 1 aliphatic rings. The van der Waals surface area contributed by atoms with Crippen LogP contribution in [0, 0.1) is 12.8 Å². The lowest BCUT2D eigenvalue weighted by Gasteiger charge is -2.27. The molecule has 110 valence electrons. The molecule has 3 heterocycles. The summed E-state index contributed by atoms with van der Waals surface area (Å²) in [5.41, 5.74) is 1.39. The minimum absolute atomic E-state index is 0.00684.